The number of rotatable bonds is 6. The maximum absolute atomic E-state index is 12.6. The molecule has 2 N–H and O–H groups in total. The summed E-state index contributed by atoms with van der Waals surface area (Å²) < 4.78 is 5.31. The predicted octanol–water partition coefficient (Wildman–Crippen LogP) is 3.07. The fourth-order valence-corrected chi connectivity index (χ4v) is 3.13. The number of urea groups is 1. The summed E-state index contributed by atoms with van der Waals surface area (Å²) in [6.07, 6.45) is 0. The molecule has 8 heteroatoms. The highest BCUT2D eigenvalue weighted by atomic mass is 35.5. The van der Waals surface area contributed by atoms with Crippen LogP contribution in [0, 0.1) is 0 Å². The largest absolute Gasteiger partial charge is 0.379 e. The van der Waals surface area contributed by atoms with Crippen molar-refractivity contribution in [2.24, 2.45) is 0 Å². The summed E-state index contributed by atoms with van der Waals surface area (Å²) in [6, 6.07) is 13.6. The number of benzene rings is 2. The summed E-state index contributed by atoms with van der Waals surface area (Å²) in [4.78, 5) is 28.4. The van der Waals surface area contributed by atoms with Crippen LogP contribution in [0.5, 0.6) is 0 Å². The molecule has 0 unspecified atom stereocenters. The average molecular weight is 417 g/mol. The molecule has 2 aromatic rings. The standard InChI is InChI=1S/C21H25ClN4O3/c1-25(20(27)16-2-4-17(22)5-3-16)19-8-6-18(7-9-19)24-21(28)23-10-11-26-12-14-29-15-13-26/h2-9H,10-15H2,1H3,(H2,23,24,28). The lowest BCUT2D eigenvalue weighted by Crippen LogP contribution is -2.42. The van der Waals surface area contributed by atoms with Crippen LogP contribution in [0.3, 0.4) is 0 Å². The summed E-state index contributed by atoms with van der Waals surface area (Å²) >= 11 is 5.87. The molecule has 0 spiro atoms. The molecule has 0 aliphatic carbocycles. The quantitative estimate of drug-likeness (QED) is 0.759. The molecule has 7 nitrogen and oxygen atoms in total. The molecule has 0 atom stereocenters. The molecule has 1 aliphatic rings. The van der Waals surface area contributed by atoms with E-state index in [2.05, 4.69) is 15.5 Å². The number of amides is 3. The summed E-state index contributed by atoms with van der Waals surface area (Å²) in [6.45, 7) is 4.65. The van der Waals surface area contributed by atoms with Crippen LogP contribution in [-0.4, -0.2) is 63.3 Å². The summed E-state index contributed by atoms with van der Waals surface area (Å²) in [5.74, 6) is -0.136. The zero-order chi connectivity index (χ0) is 20.6. The first-order valence-electron chi connectivity index (χ1n) is 9.51. The molecular formula is C21H25ClN4O3. The first kappa shape index (κ1) is 21.1. The predicted molar refractivity (Wildman–Crippen MR) is 115 cm³/mol. The summed E-state index contributed by atoms with van der Waals surface area (Å²) in [5.41, 5.74) is 1.94. The second-order valence-electron chi connectivity index (χ2n) is 6.75. The fourth-order valence-electron chi connectivity index (χ4n) is 3.00. The van der Waals surface area contributed by atoms with Crippen LogP contribution in [0.4, 0.5) is 16.2 Å². The number of hydrogen-bond acceptors (Lipinski definition) is 4. The van der Waals surface area contributed by atoms with Gasteiger partial charge in [-0.05, 0) is 48.5 Å². The Hall–Kier alpha value is -2.61. The summed E-state index contributed by atoms with van der Waals surface area (Å²) in [7, 11) is 1.71. The molecule has 2 aromatic carbocycles. The molecule has 29 heavy (non-hydrogen) atoms. The molecule has 0 saturated carbocycles. The number of nitrogens with one attached hydrogen (secondary N) is 2. The molecule has 3 amide bonds. The molecule has 1 saturated heterocycles. The first-order chi connectivity index (χ1) is 14.0. The number of halogens is 1. The van der Waals surface area contributed by atoms with Crippen molar-refractivity contribution < 1.29 is 14.3 Å². The number of anilines is 2. The van der Waals surface area contributed by atoms with Crippen LogP contribution in [0.15, 0.2) is 48.5 Å². The number of morpholine rings is 1. The van der Waals surface area contributed by atoms with E-state index in [1.165, 1.54) is 0 Å². The zero-order valence-electron chi connectivity index (χ0n) is 16.4. The van der Waals surface area contributed by atoms with E-state index >= 15 is 0 Å². The smallest absolute Gasteiger partial charge is 0.319 e. The van der Waals surface area contributed by atoms with Gasteiger partial charge in [0.1, 0.15) is 0 Å². The third-order valence-corrected chi connectivity index (χ3v) is 4.98. The Morgan fingerprint density at radius 3 is 2.38 bits per heavy atom. The van der Waals surface area contributed by atoms with Crippen LogP contribution in [0.2, 0.25) is 5.02 Å². The lowest BCUT2D eigenvalue weighted by atomic mass is 10.2. The lowest BCUT2D eigenvalue weighted by molar-refractivity contribution is 0.0388. The van der Waals surface area contributed by atoms with Crippen molar-refractivity contribution in [3.8, 4) is 0 Å². The number of hydrogen-bond donors (Lipinski definition) is 2. The topological polar surface area (TPSA) is 73.9 Å². The van der Waals surface area contributed by atoms with Gasteiger partial charge in [0.05, 0.1) is 13.2 Å². The van der Waals surface area contributed by atoms with Crippen LogP contribution in [-0.2, 0) is 4.74 Å². The minimum Gasteiger partial charge on any atom is -0.379 e. The highest BCUT2D eigenvalue weighted by molar-refractivity contribution is 6.30. The maximum Gasteiger partial charge on any atom is 0.319 e. The van der Waals surface area contributed by atoms with Gasteiger partial charge in [0.25, 0.3) is 5.91 Å². The van der Waals surface area contributed by atoms with Gasteiger partial charge in [-0.3, -0.25) is 9.69 Å². The van der Waals surface area contributed by atoms with E-state index in [0.717, 1.165) is 38.5 Å². The molecule has 154 valence electrons. The van der Waals surface area contributed by atoms with E-state index in [0.29, 0.717) is 22.8 Å². The molecule has 0 radical (unpaired) electrons. The molecule has 1 heterocycles. The minimum absolute atomic E-state index is 0.136. The Kier molecular flexibility index (Phi) is 7.46. The van der Waals surface area contributed by atoms with Crippen molar-refractivity contribution in [2.45, 2.75) is 0 Å². The molecular weight excluding hydrogens is 392 g/mol. The van der Waals surface area contributed by atoms with Gasteiger partial charge in [-0.25, -0.2) is 4.79 Å². The Labute approximate surface area is 175 Å². The van der Waals surface area contributed by atoms with Crippen LogP contribution >= 0.6 is 11.6 Å². The Balaban J connectivity index is 1.48. The van der Waals surface area contributed by atoms with Gasteiger partial charge in [0.15, 0.2) is 0 Å². The van der Waals surface area contributed by atoms with Gasteiger partial charge in [0, 0.05) is 55.2 Å². The van der Waals surface area contributed by atoms with Gasteiger partial charge >= 0.3 is 6.03 Å². The highest BCUT2D eigenvalue weighted by Gasteiger charge is 2.14. The summed E-state index contributed by atoms with van der Waals surface area (Å²) in [5, 5.41) is 6.24. The fraction of sp³-hybridized carbons (Fsp3) is 0.333. The maximum atomic E-state index is 12.6. The lowest BCUT2D eigenvalue weighted by Gasteiger charge is -2.26. The molecule has 1 aliphatic heterocycles. The Morgan fingerprint density at radius 1 is 1.07 bits per heavy atom. The Bertz CT molecular complexity index is 821. The van der Waals surface area contributed by atoms with Crippen LogP contribution in [0.1, 0.15) is 10.4 Å². The number of nitrogens with zero attached hydrogens (tertiary/aromatic N) is 2. The first-order valence-corrected chi connectivity index (χ1v) is 9.89. The molecule has 1 fully saturated rings. The van der Waals surface area contributed by atoms with E-state index in [-0.39, 0.29) is 11.9 Å². The number of carbonyl (C=O) groups excluding carboxylic acids is 2. The van der Waals surface area contributed by atoms with Gasteiger partial charge in [0.2, 0.25) is 0 Å². The second kappa shape index (κ2) is 10.2. The van der Waals surface area contributed by atoms with E-state index in [9.17, 15) is 9.59 Å². The average Bonchev–Trinajstić information content (AvgIpc) is 2.74. The van der Waals surface area contributed by atoms with Crippen LogP contribution < -0.4 is 15.5 Å². The molecule has 3 rings (SSSR count). The van der Waals surface area contributed by atoms with Gasteiger partial charge < -0.3 is 20.3 Å². The Morgan fingerprint density at radius 2 is 1.72 bits per heavy atom. The van der Waals surface area contributed by atoms with Gasteiger partial charge in [-0.2, -0.15) is 0 Å². The van der Waals surface area contributed by atoms with Crippen molar-refractivity contribution in [2.75, 3.05) is 56.7 Å². The SMILES string of the molecule is CN(C(=O)c1ccc(Cl)cc1)c1ccc(NC(=O)NCCN2CCOCC2)cc1. The third-order valence-electron chi connectivity index (χ3n) is 4.73. The molecule has 0 bridgehead atoms. The monoisotopic (exact) mass is 416 g/mol. The van der Waals surface area contributed by atoms with Gasteiger partial charge in [-0.1, -0.05) is 11.6 Å². The van der Waals surface area contributed by atoms with Crippen molar-refractivity contribution in [1.29, 1.82) is 0 Å². The van der Waals surface area contributed by atoms with E-state index < -0.39 is 0 Å². The molecule has 0 aromatic heterocycles. The van der Waals surface area contributed by atoms with E-state index in [1.54, 1.807) is 60.5 Å². The van der Waals surface area contributed by atoms with Gasteiger partial charge in [-0.15, -0.1) is 0 Å². The van der Waals surface area contributed by atoms with Crippen molar-refractivity contribution in [3.63, 3.8) is 0 Å². The third kappa shape index (κ3) is 6.19. The van der Waals surface area contributed by atoms with Crippen molar-refractivity contribution >= 4 is 34.9 Å². The second-order valence-corrected chi connectivity index (χ2v) is 7.19. The zero-order valence-corrected chi connectivity index (χ0v) is 17.1. The van der Waals surface area contributed by atoms with Crippen molar-refractivity contribution in [3.05, 3.63) is 59.1 Å². The number of ether oxygens (including phenoxy) is 1. The minimum atomic E-state index is -0.253. The highest BCUT2D eigenvalue weighted by Crippen LogP contribution is 2.19. The van der Waals surface area contributed by atoms with Crippen molar-refractivity contribution in [1.82, 2.24) is 10.2 Å². The number of carbonyl (C=O) groups is 2. The normalized spacial score (nSPS) is 14.3. The van der Waals surface area contributed by atoms with Crippen LogP contribution in [0.25, 0.3) is 0 Å². The van der Waals surface area contributed by atoms with E-state index in [1.807, 2.05) is 0 Å². The van der Waals surface area contributed by atoms with E-state index in [4.69, 9.17) is 16.3 Å².